The lowest BCUT2D eigenvalue weighted by Gasteiger charge is -2.12. The van der Waals surface area contributed by atoms with Gasteiger partial charge in [0.2, 0.25) is 5.91 Å². The quantitative estimate of drug-likeness (QED) is 0.813. The van der Waals surface area contributed by atoms with Gasteiger partial charge in [0.15, 0.2) is 0 Å². The Morgan fingerprint density at radius 1 is 1.38 bits per heavy atom. The summed E-state index contributed by atoms with van der Waals surface area (Å²) < 4.78 is 1.87. The van der Waals surface area contributed by atoms with Gasteiger partial charge in [0.1, 0.15) is 0 Å². The standard InChI is InChI=1S/C16H22N4O/c1-2-5-15(17)16(21)18-11-13-6-3-7-14(10-13)12-20-9-4-8-19-20/h3-4,6-10,15H,2,5,11-12,17H2,1H3,(H,18,21). The second-order valence-electron chi connectivity index (χ2n) is 5.14. The molecule has 5 nitrogen and oxygen atoms in total. The van der Waals surface area contributed by atoms with Crippen molar-refractivity contribution in [1.82, 2.24) is 15.1 Å². The van der Waals surface area contributed by atoms with E-state index in [0.29, 0.717) is 13.0 Å². The minimum atomic E-state index is -0.415. The maximum absolute atomic E-state index is 11.8. The van der Waals surface area contributed by atoms with E-state index < -0.39 is 6.04 Å². The number of aromatic nitrogens is 2. The monoisotopic (exact) mass is 286 g/mol. The minimum absolute atomic E-state index is 0.0886. The van der Waals surface area contributed by atoms with Crippen molar-refractivity contribution >= 4 is 5.91 Å². The molecule has 1 heterocycles. The zero-order valence-electron chi connectivity index (χ0n) is 12.3. The van der Waals surface area contributed by atoms with Crippen molar-refractivity contribution in [3.05, 3.63) is 53.9 Å². The van der Waals surface area contributed by atoms with Crippen molar-refractivity contribution < 1.29 is 4.79 Å². The number of nitrogens with one attached hydrogen (secondary N) is 1. The van der Waals surface area contributed by atoms with Gasteiger partial charge in [0.05, 0.1) is 12.6 Å². The molecule has 0 saturated heterocycles. The van der Waals surface area contributed by atoms with Crippen LogP contribution >= 0.6 is 0 Å². The van der Waals surface area contributed by atoms with E-state index in [9.17, 15) is 4.79 Å². The van der Waals surface area contributed by atoms with E-state index in [0.717, 1.165) is 24.1 Å². The molecule has 0 aliphatic rings. The number of nitrogens with two attached hydrogens (primary N) is 1. The van der Waals surface area contributed by atoms with Gasteiger partial charge >= 0.3 is 0 Å². The Bertz CT molecular complexity index is 565. The molecule has 1 amide bonds. The topological polar surface area (TPSA) is 72.9 Å². The Morgan fingerprint density at radius 3 is 2.90 bits per heavy atom. The van der Waals surface area contributed by atoms with Crippen LogP contribution in [0, 0.1) is 0 Å². The summed E-state index contributed by atoms with van der Waals surface area (Å²) in [6, 6.07) is 9.61. The van der Waals surface area contributed by atoms with Crippen LogP contribution < -0.4 is 11.1 Å². The zero-order valence-corrected chi connectivity index (χ0v) is 12.3. The van der Waals surface area contributed by atoms with Crippen LogP contribution in [-0.4, -0.2) is 21.7 Å². The predicted octanol–water partition coefficient (Wildman–Crippen LogP) is 1.67. The molecule has 2 rings (SSSR count). The molecule has 1 unspecified atom stereocenters. The first-order valence-electron chi connectivity index (χ1n) is 7.27. The lowest BCUT2D eigenvalue weighted by atomic mass is 10.1. The number of carbonyl (C=O) groups excluding carboxylic acids is 1. The molecular weight excluding hydrogens is 264 g/mol. The molecule has 5 heteroatoms. The van der Waals surface area contributed by atoms with Gasteiger partial charge in [-0.1, -0.05) is 37.6 Å². The van der Waals surface area contributed by atoms with Crippen LogP contribution in [0.1, 0.15) is 30.9 Å². The van der Waals surface area contributed by atoms with Crippen molar-refractivity contribution in [3.8, 4) is 0 Å². The van der Waals surface area contributed by atoms with Gasteiger partial charge in [-0.15, -0.1) is 0 Å². The van der Waals surface area contributed by atoms with E-state index in [1.54, 1.807) is 6.20 Å². The second-order valence-corrected chi connectivity index (χ2v) is 5.14. The Hall–Kier alpha value is -2.14. The molecule has 0 aliphatic heterocycles. The zero-order chi connectivity index (χ0) is 15.1. The number of rotatable bonds is 7. The molecule has 3 N–H and O–H groups in total. The van der Waals surface area contributed by atoms with Gasteiger partial charge in [0, 0.05) is 18.9 Å². The number of benzene rings is 1. The highest BCUT2D eigenvalue weighted by molar-refractivity contribution is 5.81. The number of nitrogens with zero attached hydrogens (tertiary/aromatic N) is 2. The van der Waals surface area contributed by atoms with Crippen LogP contribution in [0.3, 0.4) is 0 Å². The van der Waals surface area contributed by atoms with E-state index in [1.165, 1.54) is 0 Å². The largest absolute Gasteiger partial charge is 0.351 e. The maximum atomic E-state index is 11.8. The molecule has 1 aromatic heterocycles. The predicted molar refractivity (Wildman–Crippen MR) is 82.5 cm³/mol. The SMILES string of the molecule is CCCC(N)C(=O)NCc1cccc(Cn2cccn2)c1. The normalized spacial score (nSPS) is 12.1. The van der Waals surface area contributed by atoms with Crippen LogP contribution in [0.15, 0.2) is 42.7 Å². The average molecular weight is 286 g/mol. The summed E-state index contributed by atoms with van der Waals surface area (Å²) in [6.07, 6.45) is 5.32. The molecule has 0 bridgehead atoms. The van der Waals surface area contributed by atoms with E-state index in [1.807, 2.05) is 36.0 Å². The van der Waals surface area contributed by atoms with Gasteiger partial charge < -0.3 is 11.1 Å². The molecule has 21 heavy (non-hydrogen) atoms. The molecular formula is C16H22N4O. The molecule has 0 spiro atoms. The third kappa shape index (κ3) is 4.72. The molecule has 2 aromatic rings. The van der Waals surface area contributed by atoms with Crippen molar-refractivity contribution in [2.45, 2.75) is 38.9 Å². The van der Waals surface area contributed by atoms with Crippen molar-refractivity contribution in [2.24, 2.45) is 5.73 Å². The van der Waals surface area contributed by atoms with Gasteiger partial charge in [-0.2, -0.15) is 5.10 Å². The summed E-state index contributed by atoms with van der Waals surface area (Å²) >= 11 is 0. The number of amides is 1. The molecule has 0 fully saturated rings. The summed E-state index contributed by atoms with van der Waals surface area (Å²) in [5.74, 6) is -0.0886. The van der Waals surface area contributed by atoms with Gasteiger partial charge in [-0.05, 0) is 23.6 Å². The Morgan fingerprint density at radius 2 is 2.19 bits per heavy atom. The average Bonchev–Trinajstić information content (AvgIpc) is 2.98. The third-order valence-corrected chi connectivity index (χ3v) is 3.30. The first kappa shape index (κ1) is 15.3. The first-order valence-corrected chi connectivity index (χ1v) is 7.27. The Balaban J connectivity index is 1.90. The molecule has 0 aliphatic carbocycles. The summed E-state index contributed by atoms with van der Waals surface area (Å²) in [6.45, 7) is 3.25. The fourth-order valence-electron chi connectivity index (χ4n) is 2.18. The first-order chi connectivity index (χ1) is 10.2. The van der Waals surface area contributed by atoms with Crippen molar-refractivity contribution in [1.29, 1.82) is 0 Å². The fourth-order valence-corrected chi connectivity index (χ4v) is 2.18. The second kappa shape index (κ2) is 7.59. The molecule has 1 aromatic carbocycles. The van der Waals surface area contributed by atoms with Gasteiger partial charge in [0.25, 0.3) is 0 Å². The van der Waals surface area contributed by atoms with E-state index in [4.69, 9.17) is 5.73 Å². The fraction of sp³-hybridized carbons (Fsp3) is 0.375. The molecule has 112 valence electrons. The minimum Gasteiger partial charge on any atom is -0.351 e. The van der Waals surface area contributed by atoms with Crippen LogP contribution in [0.2, 0.25) is 0 Å². The van der Waals surface area contributed by atoms with Crippen LogP contribution in [0.4, 0.5) is 0 Å². The Kier molecular flexibility index (Phi) is 5.51. The van der Waals surface area contributed by atoms with Crippen LogP contribution in [0.5, 0.6) is 0 Å². The van der Waals surface area contributed by atoms with Crippen LogP contribution in [0.25, 0.3) is 0 Å². The maximum Gasteiger partial charge on any atom is 0.237 e. The summed E-state index contributed by atoms with van der Waals surface area (Å²) in [4.78, 5) is 11.8. The third-order valence-electron chi connectivity index (χ3n) is 3.30. The van der Waals surface area contributed by atoms with Gasteiger partial charge in [-0.25, -0.2) is 0 Å². The number of carbonyl (C=O) groups is 1. The summed E-state index contributed by atoms with van der Waals surface area (Å²) in [5, 5.41) is 7.07. The highest BCUT2D eigenvalue weighted by Crippen LogP contribution is 2.07. The lowest BCUT2D eigenvalue weighted by molar-refractivity contribution is -0.122. The van der Waals surface area contributed by atoms with Gasteiger partial charge in [-0.3, -0.25) is 9.48 Å². The number of hydrogen-bond donors (Lipinski definition) is 2. The van der Waals surface area contributed by atoms with Crippen molar-refractivity contribution in [2.75, 3.05) is 0 Å². The summed E-state index contributed by atoms with van der Waals surface area (Å²) in [7, 11) is 0. The van der Waals surface area contributed by atoms with Crippen molar-refractivity contribution in [3.63, 3.8) is 0 Å². The highest BCUT2D eigenvalue weighted by Gasteiger charge is 2.11. The van der Waals surface area contributed by atoms with E-state index in [2.05, 4.69) is 22.5 Å². The smallest absolute Gasteiger partial charge is 0.237 e. The number of hydrogen-bond acceptors (Lipinski definition) is 3. The van der Waals surface area contributed by atoms with Crippen LogP contribution in [-0.2, 0) is 17.9 Å². The molecule has 1 atom stereocenters. The molecule has 0 radical (unpaired) electrons. The van der Waals surface area contributed by atoms with E-state index >= 15 is 0 Å². The lowest BCUT2D eigenvalue weighted by Crippen LogP contribution is -2.40. The van der Waals surface area contributed by atoms with E-state index in [-0.39, 0.29) is 5.91 Å². The molecule has 0 saturated carbocycles. The summed E-state index contributed by atoms with van der Waals surface area (Å²) in [5.41, 5.74) is 8.01. The Labute approximate surface area is 125 Å². The highest BCUT2D eigenvalue weighted by atomic mass is 16.2.